The Morgan fingerprint density at radius 3 is 2.44 bits per heavy atom. The molecule has 0 bridgehead atoms. The molecule has 1 saturated carbocycles. The highest BCUT2D eigenvalue weighted by Crippen LogP contribution is 2.35. The average molecular weight is 518 g/mol. The highest BCUT2D eigenvalue weighted by molar-refractivity contribution is 6.30. The minimum Gasteiger partial charge on any atom is -0.484 e. The van der Waals surface area contributed by atoms with Gasteiger partial charge in [-0.15, -0.1) is 0 Å². The third-order valence-electron chi connectivity index (χ3n) is 6.22. The Morgan fingerprint density at radius 1 is 1.03 bits per heavy atom. The molecule has 5 nitrogen and oxygen atoms in total. The molecule has 0 aliphatic heterocycles. The molecule has 2 amide bonds. The van der Waals surface area contributed by atoms with Crippen molar-refractivity contribution in [3.05, 3.63) is 94.8 Å². The molecule has 0 spiro atoms. The van der Waals surface area contributed by atoms with Crippen molar-refractivity contribution >= 4 is 17.6 Å². The van der Waals surface area contributed by atoms with Gasteiger partial charge in [-0.3, -0.25) is 4.98 Å². The number of nitrogens with zero attached hydrogens (tertiary/aromatic N) is 1. The van der Waals surface area contributed by atoms with Gasteiger partial charge in [-0.05, 0) is 48.2 Å². The van der Waals surface area contributed by atoms with Gasteiger partial charge in [0.25, 0.3) is 0 Å². The number of urea groups is 1. The monoisotopic (exact) mass is 517 g/mol. The maximum atomic E-state index is 13.3. The molecule has 0 saturated heterocycles. The Kier molecular flexibility index (Phi) is 8.04. The summed E-state index contributed by atoms with van der Waals surface area (Å²) in [6, 6.07) is 18.9. The second kappa shape index (κ2) is 11.2. The number of carbonyl (C=O) groups excluding carboxylic acids is 1. The van der Waals surface area contributed by atoms with E-state index in [4.69, 9.17) is 16.3 Å². The number of rotatable bonds is 8. The van der Waals surface area contributed by atoms with Gasteiger partial charge in [-0.25, -0.2) is 4.79 Å². The van der Waals surface area contributed by atoms with Crippen molar-refractivity contribution in [2.75, 3.05) is 6.61 Å². The molecular formula is C27H27ClF3N3O2. The lowest BCUT2D eigenvalue weighted by atomic mass is 9.80. The van der Waals surface area contributed by atoms with Gasteiger partial charge in [0, 0.05) is 18.7 Å². The summed E-state index contributed by atoms with van der Waals surface area (Å²) in [5, 5.41) is 6.59. The number of nitrogens with one attached hydrogen (secondary N) is 2. The lowest BCUT2D eigenvalue weighted by molar-refractivity contribution is -0.153. The van der Waals surface area contributed by atoms with E-state index in [1.165, 1.54) is 18.3 Å². The van der Waals surface area contributed by atoms with Crippen LogP contribution >= 0.6 is 11.6 Å². The smallest absolute Gasteiger partial charge is 0.422 e. The normalized spacial score (nSPS) is 15.8. The Balaban J connectivity index is 1.78. The Hall–Kier alpha value is -3.26. The van der Waals surface area contributed by atoms with E-state index in [1.54, 1.807) is 24.3 Å². The molecule has 1 aromatic heterocycles. The van der Waals surface area contributed by atoms with Crippen molar-refractivity contribution in [2.45, 2.75) is 49.9 Å². The van der Waals surface area contributed by atoms with Crippen LogP contribution < -0.4 is 15.4 Å². The molecule has 1 aliphatic carbocycles. The predicted octanol–water partition coefficient (Wildman–Crippen LogP) is 6.40. The van der Waals surface area contributed by atoms with Crippen LogP contribution in [0.2, 0.25) is 5.02 Å². The van der Waals surface area contributed by atoms with Crippen molar-refractivity contribution in [3.8, 4) is 5.75 Å². The average Bonchev–Trinajstić information content (AvgIpc) is 3.36. The molecule has 1 aliphatic rings. The van der Waals surface area contributed by atoms with Crippen LogP contribution in [0.4, 0.5) is 18.0 Å². The van der Waals surface area contributed by atoms with Gasteiger partial charge >= 0.3 is 12.2 Å². The van der Waals surface area contributed by atoms with E-state index in [1.807, 2.05) is 30.3 Å². The number of amides is 2. The van der Waals surface area contributed by atoms with Crippen LogP contribution in [0.5, 0.6) is 5.75 Å². The summed E-state index contributed by atoms with van der Waals surface area (Å²) in [7, 11) is 0. The van der Waals surface area contributed by atoms with Crippen LogP contribution in [-0.4, -0.2) is 29.8 Å². The Labute approximate surface area is 213 Å². The minimum atomic E-state index is -4.48. The van der Waals surface area contributed by atoms with Gasteiger partial charge in [0.2, 0.25) is 0 Å². The molecule has 1 heterocycles. The highest BCUT2D eigenvalue weighted by Gasteiger charge is 2.39. The number of halogens is 4. The van der Waals surface area contributed by atoms with Crippen LogP contribution in [0, 0.1) is 0 Å². The zero-order valence-electron chi connectivity index (χ0n) is 19.5. The second-order valence-electron chi connectivity index (χ2n) is 8.94. The number of alkyl halides is 3. The molecule has 0 radical (unpaired) electrons. The van der Waals surface area contributed by atoms with Crippen LogP contribution in [-0.2, 0) is 12.0 Å². The van der Waals surface area contributed by atoms with Crippen molar-refractivity contribution in [3.63, 3.8) is 0 Å². The first-order valence-corrected chi connectivity index (χ1v) is 12.2. The van der Waals surface area contributed by atoms with Gasteiger partial charge < -0.3 is 15.4 Å². The second-order valence-corrected chi connectivity index (χ2v) is 9.38. The number of hydrogen-bond donors (Lipinski definition) is 2. The number of ether oxygens (including phenoxy) is 1. The Morgan fingerprint density at radius 2 is 1.78 bits per heavy atom. The van der Waals surface area contributed by atoms with Gasteiger partial charge in [-0.1, -0.05) is 66.9 Å². The number of benzene rings is 2. The molecule has 4 rings (SSSR count). The van der Waals surface area contributed by atoms with Crippen LogP contribution in [0.1, 0.15) is 42.5 Å². The van der Waals surface area contributed by atoms with Gasteiger partial charge in [-0.2, -0.15) is 13.2 Å². The summed E-state index contributed by atoms with van der Waals surface area (Å²) in [4.78, 5) is 17.8. The summed E-state index contributed by atoms with van der Waals surface area (Å²) in [6.45, 7) is -1.42. The third-order valence-corrected chi connectivity index (χ3v) is 6.45. The molecular weight excluding hydrogens is 491 g/mol. The molecule has 2 aromatic carbocycles. The highest BCUT2D eigenvalue weighted by atomic mass is 35.5. The number of pyridine rings is 1. The van der Waals surface area contributed by atoms with Crippen LogP contribution in [0.15, 0.2) is 72.9 Å². The lowest BCUT2D eigenvalue weighted by Crippen LogP contribution is -2.54. The number of aromatic nitrogens is 1. The SMILES string of the molecule is O=C(NC1CCCC1)NC(Cc1ccccc1)(c1cccc(OCC(F)(F)F)c1)c1ccc(Cl)cn1. The standard InChI is InChI=1S/C27H27ClF3N3O2/c28-21-13-14-24(32-17-21)26(16-19-7-2-1-3-8-19,34-25(35)33-22-10-4-5-11-22)20-9-6-12-23(15-20)36-18-27(29,30)31/h1-3,6-9,12-15,17,22H,4-5,10-11,16,18H2,(H2,33,34,35). The van der Waals surface area contributed by atoms with Crippen molar-refractivity contribution in [1.29, 1.82) is 0 Å². The topological polar surface area (TPSA) is 63.2 Å². The van der Waals surface area contributed by atoms with Crippen molar-refractivity contribution in [1.82, 2.24) is 15.6 Å². The summed E-state index contributed by atoms with van der Waals surface area (Å²) < 4.78 is 43.5. The quantitative estimate of drug-likeness (QED) is 0.363. The van der Waals surface area contributed by atoms with Crippen LogP contribution in [0.25, 0.3) is 0 Å². The van der Waals surface area contributed by atoms with E-state index in [0.717, 1.165) is 31.2 Å². The minimum absolute atomic E-state index is 0.0363. The fraction of sp³-hybridized carbons (Fsp3) is 0.333. The van der Waals surface area contributed by atoms with E-state index >= 15 is 0 Å². The fourth-order valence-electron chi connectivity index (χ4n) is 4.55. The molecule has 36 heavy (non-hydrogen) atoms. The predicted molar refractivity (Wildman–Crippen MR) is 132 cm³/mol. The van der Waals surface area contributed by atoms with E-state index in [2.05, 4.69) is 15.6 Å². The largest absolute Gasteiger partial charge is 0.484 e. The molecule has 1 atom stereocenters. The maximum absolute atomic E-state index is 13.3. The summed E-state index contributed by atoms with van der Waals surface area (Å²) in [5.74, 6) is 0.0363. The zero-order chi connectivity index (χ0) is 25.6. The number of hydrogen-bond acceptors (Lipinski definition) is 3. The zero-order valence-corrected chi connectivity index (χ0v) is 20.3. The molecule has 190 valence electrons. The summed E-state index contributed by atoms with van der Waals surface area (Å²) in [5.41, 5.74) is 0.705. The lowest BCUT2D eigenvalue weighted by Gasteiger charge is -2.36. The first-order chi connectivity index (χ1) is 17.2. The first kappa shape index (κ1) is 25.8. The molecule has 3 aromatic rings. The van der Waals surface area contributed by atoms with E-state index < -0.39 is 18.3 Å². The molecule has 1 fully saturated rings. The Bertz CT molecular complexity index is 1150. The maximum Gasteiger partial charge on any atom is 0.422 e. The molecule has 2 N–H and O–H groups in total. The van der Waals surface area contributed by atoms with Crippen molar-refractivity contribution in [2.24, 2.45) is 0 Å². The van der Waals surface area contributed by atoms with Crippen molar-refractivity contribution < 1.29 is 22.7 Å². The molecule has 1 unspecified atom stereocenters. The van der Waals surface area contributed by atoms with Gasteiger partial charge in [0.05, 0.1) is 10.7 Å². The van der Waals surface area contributed by atoms with Crippen LogP contribution in [0.3, 0.4) is 0 Å². The van der Waals surface area contributed by atoms with E-state index in [-0.39, 0.29) is 17.8 Å². The fourth-order valence-corrected chi connectivity index (χ4v) is 4.66. The van der Waals surface area contributed by atoms with E-state index in [0.29, 0.717) is 22.7 Å². The molecule has 9 heteroatoms. The van der Waals surface area contributed by atoms with Gasteiger partial charge in [0.1, 0.15) is 11.3 Å². The first-order valence-electron chi connectivity index (χ1n) is 11.8. The number of carbonyl (C=O) groups is 1. The summed E-state index contributed by atoms with van der Waals surface area (Å²) >= 11 is 6.11. The van der Waals surface area contributed by atoms with Gasteiger partial charge in [0.15, 0.2) is 6.61 Å². The summed E-state index contributed by atoms with van der Waals surface area (Å²) in [6.07, 6.45) is 1.21. The van der Waals surface area contributed by atoms with E-state index in [9.17, 15) is 18.0 Å². The third kappa shape index (κ3) is 6.69.